The number of nitrogens with two attached hydrogens (primary N) is 1. The van der Waals surface area contributed by atoms with E-state index in [-0.39, 0.29) is 0 Å². The summed E-state index contributed by atoms with van der Waals surface area (Å²) in [4.78, 5) is 6.88. The minimum Gasteiger partial charge on any atom is -0.307 e. The summed E-state index contributed by atoms with van der Waals surface area (Å²) in [6.07, 6.45) is 1.04. The van der Waals surface area contributed by atoms with E-state index in [1.165, 1.54) is 4.88 Å². The number of para-hydroxylation sites is 1. The Kier molecular flexibility index (Phi) is 3.90. The highest BCUT2D eigenvalue weighted by atomic mass is 32.1. The van der Waals surface area contributed by atoms with E-state index in [0.29, 0.717) is 5.84 Å². The Morgan fingerprint density at radius 2 is 2.00 bits per heavy atom. The molecule has 3 nitrogen and oxygen atoms in total. The number of nitrogens with one attached hydrogen (secondary N) is 1. The Morgan fingerprint density at radius 1 is 1.24 bits per heavy atom. The maximum atomic E-state index is 5.53. The molecule has 0 aliphatic rings. The summed E-state index contributed by atoms with van der Waals surface area (Å²) < 4.78 is 0. The average molecular weight is 245 g/mol. The fourth-order valence-corrected chi connectivity index (χ4v) is 2.39. The van der Waals surface area contributed by atoms with E-state index >= 15 is 0 Å². The summed E-state index contributed by atoms with van der Waals surface area (Å²) >= 11 is 1.71. The lowest BCUT2D eigenvalue weighted by atomic mass is 10.3. The summed E-state index contributed by atoms with van der Waals surface area (Å²) in [6, 6.07) is 13.9. The van der Waals surface area contributed by atoms with E-state index in [4.69, 9.17) is 5.84 Å². The monoisotopic (exact) mass is 245 g/mol. The summed E-state index contributed by atoms with van der Waals surface area (Å²) in [5.74, 6) is 6.24. The zero-order chi connectivity index (χ0) is 12.1. The third-order valence-corrected chi connectivity index (χ3v) is 3.61. The number of thiophene rings is 1. The van der Waals surface area contributed by atoms with Crippen LogP contribution in [0, 0.1) is 0 Å². The van der Waals surface area contributed by atoms with Gasteiger partial charge in [0.25, 0.3) is 0 Å². The molecule has 1 aromatic carbocycles. The Morgan fingerprint density at radius 3 is 2.59 bits per heavy atom. The van der Waals surface area contributed by atoms with Crippen LogP contribution in [0.15, 0.2) is 47.5 Å². The van der Waals surface area contributed by atoms with Crippen LogP contribution in [-0.2, 0) is 6.42 Å². The third kappa shape index (κ3) is 2.93. The van der Waals surface area contributed by atoms with Crippen molar-refractivity contribution in [1.29, 1.82) is 0 Å². The number of rotatable bonds is 3. The molecule has 0 radical (unpaired) electrons. The van der Waals surface area contributed by atoms with E-state index in [2.05, 4.69) is 23.4 Å². The van der Waals surface area contributed by atoms with Crippen molar-refractivity contribution in [3.63, 3.8) is 0 Å². The first-order chi connectivity index (χ1) is 8.33. The van der Waals surface area contributed by atoms with Crippen molar-refractivity contribution in [1.82, 2.24) is 5.43 Å². The second-order valence-corrected chi connectivity index (χ2v) is 4.73. The number of aryl methyl sites for hydroxylation is 1. The van der Waals surface area contributed by atoms with Gasteiger partial charge in [-0.25, -0.2) is 10.8 Å². The van der Waals surface area contributed by atoms with E-state index < -0.39 is 0 Å². The molecule has 17 heavy (non-hydrogen) atoms. The normalized spacial score (nSPS) is 11.5. The van der Waals surface area contributed by atoms with Crippen LogP contribution in [0.1, 0.15) is 16.7 Å². The van der Waals surface area contributed by atoms with Gasteiger partial charge in [0, 0.05) is 4.88 Å². The van der Waals surface area contributed by atoms with Crippen molar-refractivity contribution < 1.29 is 0 Å². The minimum atomic E-state index is 0.709. The van der Waals surface area contributed by atoms with Crippen molar-refractivity contribution in [2.75, 3.05) is 0 Å². The molecule has 0 saturated carbocycles. The summed E-state index contributed by atoms with van der Waals surface area (Å²) in [5.41, 5.74) is 3.56. The number of nitrogens with zero attached hydrogens (tertiary/aromatic N) is 1. The molecule has 2 aromatic rings. The predicted octanol–water partition coefficient (Wildman–Crippen LogP) is 2.85. The van der Waals surface area contributed by atoms with Crippen molar-refractivity contribution >= 4 is 22.9 Å². The van der Waals surface area contributed by atoms with E-state index in [1.54, 1.807) is 11.3 Å². The molecular weight excluding hydrogens is 230 g/mol. The van der Waals surface area contributed by atoms with Crippen LogP contribution in [0.5, 0.6) is 0 Å². The molecule has 3 N–H and O–H groups in total. The highest BCUT2D eigenvalue weighted by molar-refractivity contribution is 7.14. The maximum absolute atomic E-state index is 5.53. The van der Waals surface area contributed by atoms with Crippen LogP contribution in [0.25, 0.3) is 0 Å². The lowest BCUT2D eigenvalue weighted by Crippen LogP contribution is -2.30. The van der Waals surface area contributed by atoms with Crippen LogP contribution in [-0.4, -0.2) is 5.84 Å². The van der Waals surface area contributed by atoms with Crippen LogP contribution >= 0.6 is 11.3 Å². The van der Waals surface area contributed by atoms with Gasteiger partial charge in [-0.15, -0.1) is 11.3 Å². The lowest BCUT2D eigenvalue weighted by molar-refractivity contribution is 1.03. The van der Waals surface area contributed by atoms with Crippen LogP contribution in [0.3, 0.4) is 0 Å². The predicted molar refractivity (Wildman–Crippen MR) is 73.7 cm³/mol. The number of hydrazine groups is 1. The molecule has 0 aliphatic carbocycles. The fraction of sp³-hybridized carbons (Fsp3) is 0.154. The Hall–Kier alpha value is -1.65. The van der Waals surface area contributed by atoms with Crippen LogP contribution in [0.2, 0.25) is 0 Å². The highest BCUT2D eigenvalue weighted by Gasteiger charge is 2.05. The number of amidine groups is 1. The van der Waals surface area contributed by atoms with Crippen molar-refractivity contribution in [2.24, 2.45) is 10.8 Å². The van der Waals surface area contributed by atoms with Crippen molar-refractivity contribution in [3.05, 3.63) is 52.2 Å². The van der Waals surface area contributed by atoms with Gasteiger partial charge in [0.15, 0.2) is 5.84 Å². The molecule has 88 valence electrons. The van der Waals surface area contributed by atoms with Crippen LogP contribution < -0.4 is 11.3 Å². The van der Waals surface area contributed by atoms with Gasteiger partial charge >= 0.3 is 0 Å². The highest BCUT2D eigenvalue weighted by Crippen LogP contribution is 2.19. The maximum Gasteiger partial charge on any atom is 0.158 e. The molecule has 0 atom stereocenters. The van der Waals surface area contributed by atoms with Gasteiger partial charge in [-0.05, 0) is 30.7 Å². The quantitative estimate of drug-likeness (QED) is 0.378. The first-order valence-electron chi connectivity index (χ1n) is 5.53. The first kappa shape index (κ1) is 11.8. The molecule has 2 rings (SSSR count). The second-order valence-electron chi connectivity index (χ2n) is 3.56. The van der Waals surface area contributed by atoms with E-state index in [1.807, 2.05) is 36.4 Å². The molecule has 0 bridgehead atoms. The van der Waals surface area contributed by atoms with E-state index in [9.17, 15) is 0 Å². The molecule has 0 spiro atoms. The number of benzene rings is 1. The number of hydrogen-bond acceptors (Lipinski definition) is 3. The van der Waals surface area contributed by atoms with E-state index in [0.717, 1.165) is 17.0 Å². The Bertz CT molecular complexity index is 502. The molecular formula is C13H15N3S. The third-order valence-electron chi connectivity index (χ3n) is 2.38. The molecule has 0 aliphatic heterocycles. The van der Waals surface area contributed by atoms with Gasteiger partial charge < -0.3 is 5.43 Å². The minimum absolute atomic E-state index is 0.709. The molecule has 0 unspecified atom stereocenters. The molecule has 1 heterocycles. The summed E-state index contributed by atoms with van der Waals surface area (Å²) in [6.45, 7) is 2.14. The van der Waals surface area contributed by atoms with Gasteiger partial charge in [0.05, 0.1) is 10.6 Å². The molecule has 0 fully saturated rings. The van der Waals surface area contributed by atoms with Crippen molar-refractivity contribution in [2.45, 2.75) is 13.3 Å². The number of hydrogen-bond donors (Lipinski definition) is 2. The van der Waals surface area contributed by atoms with Crippen molar-refractivity contribution in [3.8, 4) is 0 Å². The number of aliphatic imine (C=N–C) groups is 1. The zero-order valence-electron chi connectivity index (χ0n) is 9.68. The molecule has 4 heteroatoms. The summed E-state index contributed by atoms with van der Waals surface area (Å²) in [5, 5.41) is 0. The summed E-state index contributed by atoms with van der Waals surface area (Å²) in [7, 11) is 0. The zero-order valence-corrected chi connectivity index (χ0v) is 10.5. The van der Waals surface area contributed by atoms with Gasteiger partial charge in [-0.1, -0.05) is 25.1 Å². The SMILES string of the molecule is CCc1ccc(C(=Nc2ccccc2)NN)s1. The molecule has 0 amide bonds. The topological polar surface area (TPSA) is 50.4 Å². The molecule has 0 saturated heterocycles. The lowest BCUT2D eigenvalue weighted by Gasteiger charge is -2.02. The standard InChI is InChI=1S/C13H15N3S/c1-2-11-8-9-12(17-11)13(16-14)15-10-6-4-3-5-7-10/h3-9H,2,14H2,1H3,(H,15,16). The average Bonchev–Trinajstić information content (AvgIpc) is 2.86. The Labute approximate surface area is 105 Å². The first-order valence-corrected chi connectivity index (χ1v) is 6.34. The van der Waals surface area contributed by atoms with Gasteiger partial charge in [-0.3, -0.25) is 0 Å². The smallest absolute Gasteiger partial charge is 0.158 e. The fourth-order valence-electron chi connectivity index (χ4n) is 1.49. The largest absolute Gasteiger partial charge is 0.307 e. The molecule has 1 aromatic heterocycles. The Balaban J connectivity index is 2.30. The van der Waals surface area contributed by atoms with Gasteiger partial charge in [-0.2, -0.15) is 0 Å². The second kappa shape index (κ2) is 5.61. The van der Waals surface area contributed by atoms with Gasteiger partial charge in [0.2, 0.25) is 0 Å². The van der Waals surface area contributed by atoms with Gasteiger partial charge in [0.1, 0.15) is 0 Å². The van der Waals surface area contributed by atoms with Crippen LogP contribution in [0.4, 0.5) is 5.69 Å².